The average Bonchev–Trinajstić information content (AvgIpc) is 3.54. The molecular formula is C27H30N2O10. The van der Waals surface area contributed by atoms with Gasteiger partial charge in [0.25, 0.3) is 0 Å². The third kappa shape index (κ3) is 4.56. The molecule has 6 unspecified atom stereocenters. The molecule has 2 aliphatic heterocycles. The molecule has 0 spiro atoms. The third-order valence-corrected chi connectivity index (χ3v) is 8.52. The molecule has 3 N–H and O–H groups in total. The lowest BCUT2D eigenvalue weighted by Gasteiger charge is -2.43. The number of aliphatic hydroxyl groups is 1. The highest BCUT2D eigenvalue weighted by atomic mass is 16.4. The van der Waals surface area contributed by atoms with Crippen LogP contribution < -0.4 is 0 Å². The number of aliphatic hydroxyl groups excluding tert-OH is 1. The summed E-state index contributed by atoms with van der Waals surface area (Å²) >= 11 is 0. The van der Waals surface area contributed by atoms with Gasteiger partial charge in [0.2, 0.25) is 23.6 Å². The van der Waals surface area contributed by atoms with Crippen LogP contribution in [0.15, 0.2) is 28.2 Å². The van der Waals surface area contributed by atoms with Crippen LogP contribution in [0.5, 0.6) is 0 Å². The lowest BCUT2D eigenvalue weighted by atomic mass is 9.58. The van der Waals surface area contributed by atoms with E-state index in [-0.39, 0.29) is 69.9 Å². The molecule has 2 saturated heterocycles. The van der Waals surface area contributed by atoms with Crippen molar-refractivity contribution in [3.05, 3.63) is 35.3 Å². The van der Waals surface area contributed by atoms with Gasteiger partial charge in [0.1, 0.15) is 18.1 Å². The fraction of sp³-hybridized carbons (Fsp3) is 0.556. The fourth-order valence-corrected chi connectivity index (χ4v) is 6.90. The molecule has 12 nitrogen and oxygen atoms in total. The second-order valence-corrected chi connectivity index (χ2v) is 10.6. The zero-order valence-corrected chi connectivity index (χ0v) is 21.2. The maximum absolute atomic E-state index is 13.6. The number of hydrogen-bond donors (Lipinski definition) is 3. The largest absolute Gasteiger partial charge is 0.481 e. The van der Waals surface area contributed by atoms with Gasteiger partial charge in [0.05, 0.1) is 29.6 Å². The number of furan rings is 1. The van der Waals surface area contributed by atoms with Gasteiger partial charge in [-0.25, -0.2) is 0 Å². The lowest BCUT2D eigenvalue weighted by Crippen LogP contribution is -2.43. The van der Waals surface area contributed by atoms with E-state index in [1.807, 2.05) is 6.08 Å². The summed E-state index contributed by atoms with van der Waals surface area (Å²) in [5.74, 6) is -7.12. The number of carbonyl (C=O) groups is 6. The number of nitrogens with zero attached hydrogens (tertiary/aromatic N) is 2. The van der Waals surface area contributed by atoms with Crippen molar-refractivity contribution in [1.29, 1.82) is 0 Å². The monoisotopic (exact) mass is 542 g/mol. The number of fused-ring (bicyclic) bond motifs is 4. The van der Waals surface area contributed by atoms with E-state index in [0.29, 0.717) is 5.76 Å². The van der Waals surface area contributed by atoms with E-state index in [1.54, 1.807) is 12.1 Å². The van der Waals surface area contributed by atoms with Gasteiger partial charge in [0.15, 0.2) is 0 Å². The zero-order valence-electron chi connectivity index (χ0n) is 21.2. The number of amides is 4. The molecule has 4 aliphatic rings. The Balaban J connectivity index is 1.48. The van der Waals surface area contributed by atoms with Crippen molar-refractivity contribution in [3.63, 3.8) is 0 Å². The lowest BCUT2D eigenvalue weighted by molar-refractivity contribution is -0.143. The van der Waals surface area contributed by atoms with Gasteiger partial charge in [-0.05, 0) is 43.7 Å². The Morgan fingerprint density at radius 2 is 1.41 bits per heavy atom. The Labute approximate surface area is 223 Å². The minimum atomic E-state index is -1.03. The van der Waals surface area contributed by atoms with E-state index in [2.05, 4.69) is 0 Å². The van der Waals surface area contributed by atoms with Crippen molar-refractivity contribution in [2.75, 3.05) is 13.1 Å². The van der Waals surface area contributed by atoms with Crippen molar-refractivity contribution in [1.82, 2.24) is 9.80 Å². The molecule has 4 amide bonds. The van der Waals surface area contributed by atoms with Crippen LogP contribution in [0.2, 0.25) is 0 Å². The summed E-state index contributed by atoms with van der Waals surface area (Å²) in [4.78, 5) is 78.0. The molecule has 1 aromatic heterocycles. The number of carbonyl (C=O) groups excluding carboxylic acids is 4. The predicted molar refractivity (Wildman–Crippen MR) is 129 cm³/mol. The van der Waals surface area contributed by atoms with Crippen LogP contribution in [0.1, 0.15) is 56.0 Å². The molecule has 3 fully saturated rings. The maximum Gasteiger partial charge on any atom is 0.303 e. The van der Waals surface area contributed by atoms with Gasteiger partial charge >= 0.3 is 11.9 Å². The fourth-order valence-electron chi connectivity index (χ4n) is 6.90. The van der Waals surface area contributed by atoms with Gasteiger partial charge in [-0.15, -0.1) is 0 Å². The van der Waals surface area contributed by atoms with E-state index < -0.39 is 65.2 Å². The molecule has 5 rings (SSSR count). The van der Waals surface area contributed by atoms with E-state index in [9.17, 15) is 33.9 Å². The van der Waals surface area contributed by atoms with Crippen LogP contribution in [0.25, 0.3) is 0 Å². The Morgan fingerprint density at radius 1 is 0.821 bits per heavy atom. The third-order valence-electron chi connectivity index (χ3n) is 8.52. The minimum Gasteiger partial charge on any atom is -0.481 e. The average molecular weight is 543 g/mol. The highest BCUT2D eigenvalue weighted by Gasteiger charge is 2.62. The molecule has 1 aromatic rings. The molecule has 39 heavy (non-hydrogen) atoms. The maximum atomic E-state index is 13.6. The smallest absolute Gasteiger partial charge is 0.303 e. The van der Waals surface area contributed by atoms with E-state index >= 15 is 0 Å². The van der Waals surface area contributed by atoms with Gasteiger partial charge in [-0.3, -0.25) is 38.6 Å². The van der Waals surface area contributed by atoms with Gasteiger partial charge in [0, 0.05) is 25.9 Å². The molecule has 2 aliphatic carbocycles. The first kappa shape index (κ1) is 26.8. The zero-order chi connectivity index (χ0) is 28.0. The number of likely N-dealkylation sites (tertiary alicyclic amines) is 2. The summed E-state index contributed by atoms with van der Waals surface area (Å²) in [5, 5.41) is 27.5. The molecule has 6 atom stereocenters. The van der Waals surface area contributed by atoms with Crippen molar-refractivity contribution in [2.45, 2.75) is 51.0 Å². The first-order chi connectivity index (χ1) is 18.6. The molecule has 0 bridgehead atoms. The summed E-state index contributed by atoms with van der Waals surface area (Å²) in [6.07, 6.45) is 2.20. The number of carboxylic acid groups (broad SMARTS) is 2. The van der Waals surface area contributed by atoms with Crippen molar-refractivity contribution < 1.29 is 48.5 Å². The van der Waals surface area contributed by atoms with Crippen molar-refractivity contribution in [3.8, 4) is 0 Å². The summed E-state index contributed by atoms with van der Waals surface area (Å²) in [6.45, 7) is -0.393. The minimum absolute atomic E-state index is 0.00131. The van der Waals surface area contributed by atoms with Crippen LogP contribution >= 0.6 is 0 Å². The Hall–Kier alpha value is -3.80. The molecule has 0 aromatic carbocycles. The second-order valence-electron chi connectivity index (χ2n) is 10.6. The number of hydrogen-bond acceptors (Lipinski definition) is 8. The summed E-state index contributed by atoms with van der Waals surface area (Å²) in [5.41, 5.74) is 0.749. The molecule has 208 valence electrons. The quantitative estimate of drug-likeness (QED) is 0.286. The number of aliphatic carboxylic acids is 2. The molecule has 1 saturated carbocycles. The summed E-state index contributed by atoms with van der Waals surface area (Å²) in [7, 11) is 0. The highest BCUT2D eigenvalue weighted by Crippen LogP contribution is 2.58. The highest BCUT2D eigenvalue weighted by molar-refractivity contribution is 6.08. The van der Waals surface area contributed by atoms with Crippen LogP contribution in [-0.4, -0.2) is 73.8 Å². The van der Waals surface area contributed by atoms with Crippen molar-refractivity contribution in [2.24, 2.45) is 29.6 Å². The predicted octanol–water partition coefficient (Wildman–Crippen LogP) is 1.14. The Bertz CT molecular complexity index is 1260. The summed E-state index contributed by atoms with van der Waals surface area (Å²) < 4.78 is 5.85. The first-order valence-corrected chi connectivity index (χ1v) is 13.2. The van der Waals surface area contributed by atoms with Gasteiger partial charge in [-0.1, -0.05) is 11.6 Å². The van der Waals surface area contributed by atoms with Gasteiger partial charge < -0.3 is 19.7 Å². The van der Waals surface area contributed by atoms with Crippen LogP contribution in [0.4, 0.5) is 0 Å². The second kappa shape index (κ2) is 10.4. The molecular weight excluding hydrogens is 512 g/mol. The topological polar surface area (TPSA) is 183 Å². The first-order valence-electron chi connectivity index (χ1n) is 13.2. The van der Waals surface area contributed by atoms with Gasteiger partial charge in [-0.2, -0.15) is 0 Å². The van der Waals surface area contributed by atoms with E-state index in [0.717, 1.165) is 15.4 Å². The van der Waals surface area contributed by atoms with Crippen LogP contribution in [-0.2, 0) is 35.4 Å². The molecule has 12 heteroatoms. The van der Waals surface area contributed by atoms with E-state index in [1.165, 1.54) is 0 Å². The Kier molecular flexibility index (Phi) is 7.15. The SMILES string of the molecule is O=C(O)CCCN1C(=O)C2CC=C3C(CC4C(=O)N(CCCC(=O)O)C(=O)C4C3c3ccc(CO)o3)C2C1=O. The van der Waals surface area contributed by atoms with Crippen LogP contribution in [0.3, 0.4) is 0 Å². The van der Waals surface area contributed by atoms with Crippen molar-refractivity contribution >= 4 is 35.6 Å². The standard InChI is InChI=1S/C27H30N2O10/c30-12-13-5-8-18(39-13)22-14-6-7-15-21(26(37)28(24(15)35)9-1-3-19(31)32)16(14)11-17-23(22)27(38)29(25(17)36)10-2-4-20(33)34/h5-6,8,15-17,21-23,30H,1-4,7,9-12H2,(H,31,32)(H,33,34). The number of allylic oxidation sites excluding steroid dienone is 2. The number of carboxylic acids is 2. The molecule has 3 heterocycles. The van der Waals surface area contributed by atoms with E-state index in [4.69, 9.17) is 14.6 Å². The molecule has 0 radical (unpaired) electrons. The number of imide groups is 2. The normalized spacial score (nSPS) is 29.8. The summed E-state index contributed by atoms with van der Waals surface area (Å²) in [6, 6.07) is 3.23. The Morgan fingerprint density at radius 3 is 1.97 bits per heavy atom. The van der Waals surface area contributed by atoms with Crippen LogP contribution in [0, 0.1) is 29.6 Å². The number of rotatable bonds is 10.